The van der Waals surface area contributed by atoms with Gasteiger partial charge in [-0.05, 0) is 34.5 Å². The van der Waals surface area contributed by atoms with Crippen LogP contribution in [-0.2, 0) is 4.79 Å². The highest BCUT2D eigenvalue weighted by atomic mass is 79.9. The van der Waals surface area contributed by atoms with Crippen molar-refractivity contribution in [3.63, 3.8) is 0 Å². The fourth-order valence-electron chi connectivity index (χ4n) is 2.42. The maximum Gasteiger partial charge on any atom is 0.303 e. The molecule has 3 aromatic rings. The van der Waals surface area contributed by atoms with E-state index in [0.29, 0.717) is 17.6 Å². The molecule has 0 amide bonds. The highest BCUT2D eigenvalue weighted by Crippen LogP contribution is 2.40. The molecule has 104 valence electrons. The summed E-state index contributed by atoms with van der Waals surface area (Å²) < 4.78 is 11.8. The van der Waals surface area contributed by atoms with Crippen LogP contribution in [0.5, 0.6) is 0 Å². The third-order valence-corrected chi connectivity index (χ3v) is 4.13. The Labute approximate surface area is 122 Å². The molecule has 2 heterocycles. The topological polar surface area (TPSA) is 89.6 Å². The normalized spacial score (nSPS) is 13.1. The van der Waals surface area contributed by atoms with Crippen LogP contribution in [0, 0.1) is 0 Å². The van der Waals surface area contributed by atoms with Gasteiger partial charge in [-0.1, -0.05) is 0 Å². The van der Waals surface area contributed by atoms with Crippen molar-refractivity contribution < 1.29 is 18.7 Å². The van der Waals surface area contributed by atoms with E-state index in [9.17, 15) is 4.79 Å². The van der Waals surface area contributed by atoms with Gasteiger partial charge in [-0.3, -0.25) is 4.79 Å². The van der Waals surface area contributed by atoms with Crippen molar-refractivity contribution >= 4 is 43.8 Å². The maximum absolute atomic E-state index is 10.7. The number of benzene rings is 1. The van der Waals surface area contributed by atoms with Crippen molar-refractivity contribution in [1.29, 1.82) is 0 Å². The van der Waals surface area contributed by atoms with Gasteiger partial charge in [0, 0.05) is 28.8 Å². The molecule has 1 unspecified atom stereocenters. The van der Waals surface area contributed by atoms with Gasteiger partial charge in [0.1, 0.15) is 11.2 Å². The van der Waals surface area contributed by atoms with Crippen molar-refractivity contribution in [1.82, 2.24) is 0 Å². The van der Waals surface area contributed by atoms with E-state index in [1.165, 1.54) is 0 Å². The van der Waals surface area contributed by atoms with Crippen LogP contribution < -0.4 is 5.73 Å². The number of carbonyl (C=O) groups is 1. The third-order valence-electron chi connectivity index (χ3n) is 3.34. The van der Waals surface area contributed by atoms with Gasteiger partial charge < -0.3 is 19.7 Å². The lowest BCUT2D eigenvalue weighted by molar-refractivity contribution is -0.137. The molecular formula is C14H12BrNO4. The summed E-state index contributed by atoms with van der Waals surface area (Å²) in [6.45, 7) is 0. The number of hydrogen-bond donors (Lipinski definition) is 2. The van der Waals surface area contributed by atoms with Gasteiger partial charge in [0.05, 0.1) is 17.0 Å². The van der Waals surface area contributed by atoms with Crippen LogP contribution in [0.15, 0.2) is 38.0 Å². The first-order chi connectivity index (χ1) is 9.59. The van der Waals surface area contributed by atoms with E-state index >= 15 is 0 Å². The molecule has 3 rings (SSSR count). The fraction of sp³-hybridized carbons (Fsp3) is 0.214. The van der Waals surface area contributed by atoms with Crippen LogP contribution in [0.2, 0.25) is 0 Å². The quantitative estimate of drug-likeness (QED) is 0.755. The first-order valence-corrected chi connectivity index (χ1v) is 6.92. The molecule has 0 saturated carbocycles. The molecule has 1 aromatic carbocycles. The van der Waals surface area contributed by atoms with Gasteiger partial charge in [0.15, 0.2) is 0 Å². The Hall–Kier alpha value is -1.79. The number of aliphatic carboxylic acids is 1. The number of carboxylic acid groups (broad SMARTS) is 1. The number of hydrogen-bond acceptors (Lipinski definition) is 4. The Kier molecular flexibility index (Phi) is 3.27. The second-order valence-electron chi connectivity index (χ2n) is 4.59. The van der Waals surface area contributed by atoms with Crippen molar-refractivity contribution in [3.05, 3.63) is 34.7 Å². The van der Waals surface area contributed by atoms with Gasteiger partial charge >= 0.3 is 5.97 Å². The SMILES string of the molecule is NC(CCC(=O)O)c1c2ccoc2c(Br)c2ccoc12. The van der Waals surface area contributed by atoms with E-state index in [1.54, 1.807) is 12.5 Å². The Bertz CT molecular complexity index is 737. The van der Waals surface area contributed by atoms with Crippen LogP contribution in [0.25, 0.3) is 21.9 Å². The van der Waals surface area contributed by atoms with Gasteiger partial charge in [-0.15, -0.1) is 0 Å². The van der Waals surface area contributed by atoms with Crippen LogP contribution in [-0.4, -0.2) is 11.1 Å². The average molecular weight is 338 g/mol. The monoisotopic (exact) mass is 337 g/mol. The van der Waals surface area contributed by atoms with Crippen molar-refractivity contribution in [2.24, 2.45) is 5.73 Å². The van der Waals surface area contributed by atoms with E-state index in [4.69, 9.17) is 19.7 Å². The molecule has 0 saturated heterocycles. The molecule has 6 heteroatoms. The van der Waals surface area contributed by atoms with Crippen LogP contribution >= 0.6 is 15.9 Å². The molecule has 0 aliphatic heterocycles. The minimum Gasteiger partial charge on any atom is -0.481 e. The first-order valence-electron chi connectivity index (χ1n) is 6.12. The predicted octanol–water partition coefficient (Wildman–Crippen LogP) is 3.81. The molecule has 0 aliphatic rings. The number of carboxylic acids is 1. The second-order valence-corrected chi connectivity index (χ2v) is 5.39. The van der Waals surface area contributed by atoms with Crippen molar-refractivity contribution in [3.8, 4) is 0 Å². The van der Waals surface area contributed by atoms with Crippen molar-refractivity contribution in [2.75, 3.05) is 0 Å². The summed E-state index contributed by atoms with van der Waals surface area (Å²) in [7, 11) is 0. The minimum atomic E-state index is -0.864. The largest absolute Gasteiger partial charge is 0.481 e. The van der Waals surface area contributed by atoms with Gasteiger partial charge in [-0.2, -0.15) is 0 Å². The predicted molar refractivity (Wildman–Crippen MR) is 77.5 cm³/mol. The van der Waals surface area contributed by atoms with Crippen LogP contribution in [0.4, 0.5) is 0 Å². The zero-order chi connectivity index (χ0) is 14.3. The lowest BCUT2D eigenvalue weighted by atomic mass is 9.97. The van der Waals surface area contributed by atoms with E-state index in [2.05, 4.69) is 15.9 Å². The molecule has 0 spiro atoms. The van der Waals surface area contributed by atoms with Gasteiger partial charge in [-0.25, -0.2) is 0 Å². The van der Waals surface area contributed by atoms with Crippen molar-refractivity contribution in [2.45, 2.75) is 18.9 Å². The number of furan rings is 2. The van der Waals surface area contributed by atoms with Gasteiger partial charge in [0.25, 0.3) is 0 Å². The summed E-state index contributed by atoms with van der Waals surface area (Å²) in [6, 6.07) is 3.22. The minimum absolute atomic E-state index is 0.0127. The molecule has 0 radical (unpaired) electrons. The molecule has 1 atom stereocenters. The zero-order valence-corrected chi connectivity index (χ0v) is 12.0. The number of fused-ring (bicyclic) bond motifs is 2. The lowest BCUT2D eigenvalue weighted by Crippen LogP contribution is -2.13. The average Bonchev–Trinajstić information content (AvgIpc) is 3.05. The highest BCUT2D eigenvalue weighted by Gasteiger charge is 2.22. The Morgan fingerprint density at radius 2 is 1.90 bits per heavy atom. The summed E-state index contributed by atoms with van der Waals surface area (Å²) in [5.74, 6) is -0.864. The van der Waals surface area contributed by atoms with Crippen LogP contribution in [0.3, 0.4) is 0 Å². The summed E-state index contributed by atoms with van der Waals surface area (Å²) in [6.07, 6.45) is 3.52. The Morgan fingerprint density at radius 3 is 2.60 bits per heavy atom. The number of halogens is 1. The number of nitrogens with two attached hydrogens (primary N) is 1. The van der Waals surface area contributed by atoms with E-state index in [-0.39, 0.29) is 6.42 Å². The fourth-order valence-corrected chi connectivity index (χ4v) is 3.04. The van der Waals surface area contributed by atoms with E-state index < -0.39 is 12.0 Å². The molecule has 0 fully saturated rings. The summed E-state index contributed by atoms with van der Waals surface area (Å²) >= 11 is 3.50. The lowest BCUT2D eigenvalue weighted by Gasteiger charge is -2.13. The third kappa shape index (κ3) is 2.01. The van der Waals surface area contributed by atoms with E-state index in [0.717, 1.165) is 20.8 Å². The zero-order valence-electron chi connectivity index (χ0n) is 10.4. The summed E-state index contributed by atoms with van der Waals surface area (Å²) in [5.41, 5.74) is 8.32. The summed E-state index contributed by atoms with van der Waals surface area (Å²) in [5, 5.41) is 10.5. The maximum atomic E-state index is 10.7. The molecule has 2 aromatic heterocycles. The molecule has 5 nitrogen and oxygen atoms in total. The molecule has 20 heavy (non-hydrogen) atoms. The molecular weight excluding hydrogens is 326 g/mol. The standard InChI is InChI=1S/C14H12BrNO4/c15-12-8-4-6-19-13(8)11(7-3-5-20-14(7)12)9(16)1-2-10(17)18/h3-6,9H,1-2,16H2,(H,17,18). The summed E-state index contributed by atoms with van der Waals surface area (Å²) in [4.78, 5) is 10.7. The molecule has 3 N–H and O–H groups in total. The Balaban J connectivity index is 2.20. The first kappa shape index (κ1) is 13.2. The molecule has 0 bridgehead atoms. The second kappa shape index (κ2) is 4.96. The molecule has 0 aliphatic carbocycles. The van der Waals surface area contributed by atoms with E-state index in [1.807, 2.05) is 12.1 Å². The number of rotatable bonds is 4. The van der Waals surface area contributed by atoms with Gasteiger partial charge in [0.2, 0.25) is 0 Å². The van der Waals surface area contributed by atoms with Crippen LogP contribution in [0.1, 0.15) is 24.4 Å². The highest BCUT2D eigenvalue weighted by molar-refractivity contribution is 9.10. The Morgan fingerprint density at radius 1 is 1.25 bits per heavy atom. The smallest absolute Gasteiger partial charge is 0.303 e.